The standard InChI is InChI=1S/C15H23N3O3S/c1-10(2)18-22(20,21)14-7-5-13(6-8-14)17-15(19)11-3-4-12(16)9-11/h5-8,10-12,18H,3-4,9,16H2,1-2H3,(H,17,19). The number of nitrogens with two attached hydrogens (primary N) is 1. The zero-order chi connectivity index (χ0) is 16.3. The zero-order valence-corrected chi connectivity index (χ0v) is 13.7. The van der Waals surface area contributed by atoms with Gasteiger partial charge in [0, 0.05) is 23.7 Å². The summed E-state index contributed by atoms with van der Waals surface area (Å²) in [5.41, 5.74) is 6.40. The molecule has 2 atom stereocenters. The van der Waals surface area contributed by atoms with Crippen molar-refractivity contribution in [3.05, 3.63) is 24.3 Å². The Morgan fingerprint density at radius 1 is 1.23 bits per heavy atom. The van der Waals surface area contributed by atoms with E-state index < -0.39 is 10.0 Å². The molecule has 0 heterocycles. The lowest BCUT2D eigenvalue weighted by Crippen LogP contribution is -2.30. The summed E-state index contributed by atoms with van der Waals surface area (Å²) in [6, 6.07) is 6.10. The van der Waals surface area contributed by atoms with E-state index >= 15 is 0 Å². The lowest BCUT2D eigenvalue weighted by molar-refractivity contribution is -0.119. The molecule has 1 saturated carbocycles. The van der Waals surface area contributed by atoms with Gasteiger partial charge in [0.2, 0.25) is 15.9 Å². The van der Waals surface area contributed by atoms with Gasteiger partial charge in [-0.2, -0.15) is 0 Å². The summed E-state index contributed by atoms with van der Waals surface area (Å²) < 4.78 is 26.5. The van der Waals surface area contributed by atoms with E-state index in [0.29, 0.717) is 12.1 Å². The molecule has 1 aromatic rings. The summed E-state index contributed by atoms with van der Waals surface area (Å²) in [7, 11) is -3.51. The van der Waals surface area contributed by atoms with Gasteiger partial charge in [-0.3, -0.25) is 4.79 Å². The molecule has 0 radical (unpaired) electrons. The molecular formula is C15H23N3O3S. The Morgan fingerprint density at radius 3 is 2.36 bits per heavy atom. The number of amides is 1. The van der Waals surface area contributed by atoms with E-state index in [9.17, 15) is 13.2 Å². The molecule has 22 heavy (non-hydrogen) atoms. The van der Waals surface area contributed by atoms with Crippen LogP contribution in [0.25, 0.3) is 0 Å². The molecule has 2 rings (SSSR count). The van der Waals surface area contributed by atoms with E-state index in [2.05, 4.69) is 10.0 Å². The highest BCUT2D eigenvalue weighted by Crippen LogP contribution is 2.25. The fourth-order valence-corrected chi connectivity index (χ4v) is 3.85. The Labute approximate surface area is 131 Å². The number of anilines is 1. The molecule has 1 aromatic carbocycles. The minimum absolute atomic E-state index is 0.0520. The highest BCUT2D eigenvalue weighted by Gasteiger charge is 2.27. The first-order chi connectivity index (χ1) is 10.3. The van der Waals surface area contributed by atoms with Crippen molar-refractivity contribution in [2.24, 2.45) is 11.7 Å². The van der Waals surface area contributed by atoms with Crippen LogP contribution in [0.2, 0.25) is 0 Å². The number of sulfonamides is 1. The predicted molar refractivity (Wildman–Crippen MR) is 85.8 cm³/mol. The van der Waals surface area contributed by atoms with Crippen LogP contribution in [0.5, 0.6) is 0 Å². The Bertz CT molecular complexity index is 626. The highest BCUT2D eigenvalue weighted by atomic mass is 32.2. The van der Waals surface area contributed by atoms with Crippen molar-refractivity contribution in [2.75, 3.05) is 5.32 Å². The molecule has 0 bridgehead atoms. The van der Waals surface area contributed by atoms with Gasteiger partial charge < -0.3 is 11.1 Å². The smallest absolute Gasteiger partial charge is 0.240 e. The average molecular weight is 325 g/mol. The molecule has 122 valence electrons. The summed E-state index contributed by atoms with van der Waals surface area (Å²) in [5, 5.41) is 2.81. The SMILES string of the molecule is CC(C)NS(=O)(=O)c1ccc(NC(=O)C2CCC(N)C2)cc1. The first kappa shape index (κ1) is 16.9. The minimum atomic E-state index is -3.51. The van der Waals surface area contributed by atoms with Gasteiger partial charge in [-0.25, -0.2) is 13.1 Å². The monoisotopic (exact) mass is 325 g/mol. The van der Waals surface area contributed by atoms with Crippen LogP contribution in [0, 0.1) is 5.92 Å². The molecule has 1 aliphatic rings. The number of carbonyl (C=O) groups is 1. The second-order valence-electron chi connectivity index (χ2n) is 6.06. The van der Waals surface area contributed by atoms with Crippen LogP contribution in [0.15, 0.2) is 29.2 Å². The van der Waals surface area contributed by atoms with Crippen LogP contribution in [-0.2, 0) is 14.8 Å². The van der Waals surface area contributed by atoms with E-state index in [-0.39, 0.29) is 28.8 Å². The third-order valence-electron chi connectivity index (χ3n) is 3.67. The quantitative estimate of drug-likeness (QED) is 0.762. The Hall–Kier alpha value is -1.44. The van der Waals surface area contributed by atoms with Crippen LogP contribution in [0.3, 0.4) is 0 Å². The number of nitrogens with one attached hydrogen (secondary N) is 2. The van der Waals surface area contributed by atoms with Gasteiger partial charge in [0.05, 0.1) is 4.90 Å². The number of rotatable bonds is 5. The maximum absolute atomic E-state index is 12.1. The Morgan fingerprint density at radius 2 is 1.86 bits per heavy atom. The maximum Gasteiger partial charge on any atom is 0.240 e. The molecule has 0 spiro atoms. The van der Waals surface area contributed by atoms with E-state index in [1.165, 1.54) is 12.1 Å². The third-order valence-corrected chi connectivity index (χ3v) is 5.34. The van der Waals surface area contributed by atoms with Crippen LogP contribution in [0.1, 0.15) is 33.1 Å². The molecule has 4 N–H and O–H groups in total. The average Bonchev–Trinajstić information content (AvgIpc) is 2.85. The van der Waals surface area contributed by atoms with Crippen LogP contribution in [-0.4, -0.2) is 26.4 Å². The minimum Gasteiger partial charge on any atom is -0.328 e. The first-order valence-corrected chi connectivity index (χ1v) is 8.95. The molecule has 7 heteroatoms. The molecule has 2 unspecified atom stereocenters. The first-order valence-electron chi connectivity index (χ1n) is 7.47. The zero-order valence-electron chi connectivity index (χ0n) is 12.9. The van der Waals surface area contributed by atoms with Crippen molar-refractivity contribution >= 4 is 21.6 Å². The van der Waals surface area contributed by atoms with E-state index in [1.807, 2.05) is 0 Å². The van der Waals surface area contributed by atoms with Gasteiger partial charge in [0.25, 0.3) is 0 Å². The topological polar surface area (TPSA) is 101 Å². The van der Waals surface area contributed by atoms with Crippen molar-refractivity contribution in [3.63, 3.8) is 0 Å². The second kappa shape index (κ2) is 6.76. The van der Waals surface area contributed by atoms with Crippen molar-refractivity contribution < 1.29 is 13.2 Å². The molecule has 0 aromatic heterocycles. The molecule has 0 aliphatic heterocycles. The fourth-order valence-electron chi connectivity index (χ4n) is 2.59. The van der Waals surface area contributed by atoms with Gasteiger partial charge in [-0.1, -0.05) is 0 Å². The van der Waals surface area contributed by atoms with Gasteiger partial charge in [0.1, 0.15) is 0 Å². The molecule has 6 nitrogen and oxygen atoms in total. The van der Waals surface area contributed by atoms with Crippen LogP contribution in [0.4, 0.5) is 5.69 Å². The fraction of sp³-hybridized carbons (Fsp3) is 0.533. The van der Waals surface area contributed by atoms with Gasteiger partial charge >= 0.3 is 0 Å². The van der Waals surface area contributed by atoms with Gasteiger partial charge in [-0.15, -0.1) is 0 Å². The molecule has 1 amide bonds. The number of carbonyl (C=O) groups excluding carboxylic acids is 1. The maximum atomic E-state index is 12.1. The molecular weight excluding hydrogens is 302 g/mol. The summed E-state index contributed by atoms with van der Waals surface area (Å²) >= 11 is 0. The Kier molecular flexibility index (Phi) is 5.20. The van der Waals surface area contributed by atoms with Crippen molar-refractivity contribution in [3.8, 4) is 0 Å². The second-order valence-corrected chi connectivity index (χ2v) is 7.77. The van der Waals surface area contributed by atoms with Crippen LogP contribution < -0.4 is 15.8 Å². The Balaban J connectivity index is 2.02. The predicted octanol–water partition coefficient (Wildman–Crippen LogP) is 1.44. The van der Waals surface area contributed by atoms with Crippen LogP contribution >= 0.6 is 0 Å². The summed E-state index contributed by atoms with van der Waals surface area (Å²) in [6.45, 7) is 3.52. The normalized spacial score (nSPS) is 22.0. The van der Waals surface area contributed by atoms with Crippen molar-refractivity contribution in [1.29, 1.82) is 0 Å². The summed E-state index contributed by atoms with van der Waals surface area (Å²) in [6.07, 6.45) is 2.38. The lowest BCUT2D eigenvalue weighted by atomic mass is 10.1. The van der Waals surface area contributed by atoms with E-state index in [1.54, 1.807) is 26.0 Å². The third kappa shape index (κ3) is 4.28. The van der Waals surface area contributed by atoms with E-state index in [0.717, 1.165) is 12.8 Å². The van der Waals surface area contributed by atoms with Crippen molar-refractivity contribution in [2.45, 2.75) is 50.1 Å². The lowest BCUT2D eigenvalue weighted by Gasteiger charge is -2.12. The molecule has 1 fully saturated rings. The molecule has 1 aliphatic carbocycles. The largest absolute Gasteiger partial charge is 0.328 e. The van der Waals surface area contributed by atoms with Gasteiger partial charge in [0.15, 0.2) is 0 Å². The summed E-state index contributed by atoms with van der Waals surface area (Å²) in [4.78, 5) is 12.3. The van der Waals surface area contributed by atoms with Crippen molar-refractivity contribution in [1.82, 2.24) is 4.72 Å². The summed E-state index contributed by atoms with van der Waals surface area (Å²) in [5.74, 6) is -0.107. The number of hydrogen-bond donors (Lipinski definition) is 3. The van der Waals surface area contributed by atoms with E-state index in [4.69, 9.17) is 5.73 Å². The highest BCUT2D eigenvalue weighted by molar-refractivity contribution is 7.89. The number of benzene rings is 1. The number of hydrogen-bond acceptors (Lipinski definition) is 4. The molecule has 0 saturated heterocycles. The van der Waals surface area contributed by atoms with Gasteiger partial charge in [-0.05, 0) is 57.4 Å².